The fourth-order valence-electron chi connectivity index (χ4n) is 1.79. The number of carbonyl (C=O) groups is 2. The summed E-state index contributed by atoms with van der Waals surface area (Å²) < 4.78 is 30.6. The molecule has 1 amide bonds. The van der Waals surface area contributed by atoms with Crippen molar-refractivity contribution >= 4 is 21.9 Å². The van der Waals surface area contributed by atoms with Crippen LogP contribution < -0.4 is 10.0 Å². The van der Waals surface area contributed by atoms with Gasteiger partial charge in [-0.3, -0.25) is 4.79 Å². The molecule has 3 N–H and O–H groups in total. The smallest absolute Gasteiger partial charge is 0.334 e. The lowest BCUT2D eigenvalue weighted by Gasteiger charge is -2.11. The quantitative estimate of drug-likeness (QED) is 0.567. The van der Waals surface area contributed by atoms with E-state index in [2.05, 4.69) is 10.0 Å². The van der Waals surface area contributed by atoms with Gasteiger partial charge in [0.05, 0.1) is 17.9 Å². The maximum absolute atomic E-state index is 11.8. The summed E-state index contributed by atoms with van der Waals surface area (Å²) in [5, 5.41) is 11.2. The lowest BCUT2D eigenvalue weighted by molar-refractivity contribution is -0.148. The zero-order valence-corrected chi connectivity index (χ0v) is 13.7. The van der Waals surface area contributed by atoms with Crippen LogP contribution in [0, 0.1) is 0 Å². The van der Waals surface area contributed by atoms with E-state index in [4.69, 9.17) is 9.84 Å². The Bertz CT molecular complexity index is 642. The first-order valence-corrected chi connectivity index (χ1v) is 8.39. The van der Waals surface area contributed by atoms with Crippen molar-refractivity contribution < 1.29 is 27.9 Å². The summed E-state index contributed by atoms with van der Waals surface area (Å²) in [5.41, 5.74) is 0.613. The Hall–Kier alpha value is -1.97. The van der Waals surface area contributed by atoms with Crippen LogP contribution in [0.5, 0.6) is 0 Å². The second-order valence-electron chi connectivity index (χ2n) is 4.69. The van der Waals surface area contributed by atoms with Gasteiger partial charge in [0.25, 0.3) is 0 Å². The zero-order valence-electron chi connectivity index (χ0n) is 12.9. The molecule has 1 unspecified atom stereocenters. The monoisotopic (exact) mass is 344 g/mol. The summed E-state index contributed by atoms with van der Waals surface area (Å²) in [6.45, 7) is 1.83. The molecule has 0 aliphatic carbocycles. The molecule has 0 radical (unpaired) electrons. The summed E-state index contributed by atoms with van der Waals surface area (Å²) in [6, 6.07) is 5.90. The number of benzene rings is 1. The van der Waals surface area contributed by atoms with Gasteiger partial charge >= 0.3 is 5.97 Å². The molecule has 1 atom stereocenters. The Kier molecular flexibility index (Phi) is 7.14. The van der Waals surface area contributed by atoms with Crippen LogP contribution in [-0.4, -0.2) is 51.7 Å². The van der Waals surface area contributed by atoms with E-state index in [0.29, 0.717) is 5.56 Å². The van der Waals surface area contributed by atoms with Gasteiger partial charge in [-0.25, -0.2) is 17.9 Å². The van der Waals surface area contributed by atoms with Crippen LogP contribution >= 0.6 is 0 Å². The number of hydrogen-bond acceptors (Lipinski definition) is 5. The predicted molar refractivity (Wildman–Crippen MR) is 82.5 cm³/mol. The van der Waals surface area contributed by atoms with E-state index in [1.807, 2.05) is 0 Å². The standard InChI is InChI=1S/C14H20N2O6S/c1-3-16-23(20,21)11-6-4-10(5-7-11)8-13(17)15-9-12(22-2)14(18)19/h4-7,12,16H,3,8-9H2,1-2H3,(H,15,17)(H,18,19). The first-order valence-electron chi connectivity index (χ1n) is 6.91. The number of carbonyl (C=O) groups excluding carboxylic acids is 1. The highest BCUT2D eigenvalue weighted by Crippen LogP contribution is 2.10. The number of carboxylic acid groups (broad SMARTS) is 1. The normalized spacial score (nSPS) is 12.6. The number of hydrogen-bond donors (Lipinski definition) is 3. The van der Waals surface area contributed by atoms with Crippen molar-refractivity contribution in [2.75, 3.05) is 20.2 Å². The average molecular weight is 344 g/mol. The van der Waals surface area contributed by atoms with Crippen molar-refractivity contribution in [3.8, 4) is 0 Å². The molecule has 0 saturated carbocycles. The number of carboxylic acids is 1. The largest absolute Gasteiger partial charge is 0.479 e. The summed E-state index contributed by atoms with van der Waals surface area (Å²) >= 11 is 0. The molecule has 0 spiro atoms. The van der Waals surface area contributed by atoms with Gasteiger partial charge < -0.3 is 15.2 Å². The second-order valence-corrected chi connectivity index (χ2v) is 6.46. The van der Waals surface area contributed by atoms with Crippen molar-refractivity contribution in [2.24, 2.45) is 0 Å². The van der Waals surface area contributed by atoms with E-state index < -0.39 is 22.1 Å². The van der Waals surface area contributed by atoms with Crippen LogP contribution in [0.2, 0.25) is 0 Å². The molecule has 1 aromatic rings. The van der Waals surface area contributed by atoms with Crippen LogP contribution in [0.1, 0.15) is 12.5 Å². The van der Waals surface area contributed by atoms with E-state index in [1.54, 1.807) is 6.92 Å². The molecule has 0 bridgehead atoms. The van der Waals surface area contributed by atoms with Gasteiger partial charge in [0, 0.05) is 13.7 Å². The molecular formula is C14H20N2O6S. The van der Waals surface area contributed by atoms with Gasteiger partial charge in [-0.2, -0.15) is 0 Å². The highest BCUT2D eigenvalue weighted by molar-refractivity contribution is 7.89. The Morgan fingerprint density at radius 3 is 2.35 bits per heavy atom. The van der Waals surface area contributed by atoms with Crippen LogP contribution in [0.3, 0.4) is 0 Å². The van der Waals surface area contributed by atoms with Gasteiger partial charge in [-0.05, 0) is 17.7 Å². The summed E-state index contributed by atoms with van der Waals surface area (Å²) in [6.07, 6.45) is -1.09. The predicted octanol–water partition coefficient (Wildman–Crippen LogP) is -0.257. The third-order valence-electron chi connectivity index (χ3n) is 2.98. The second kappa shape index (κ2) is 8.61. The molecule has 23 heavy (non-hydrogen) atoms. The summed E-state index contributed by atoms with van der Waals surface area (Å²) in [5.74, 6) is -1.54. The Morgan fingerprint density at radius 1 is 1.26 bits per heavy atom. The molecule has 8 nitrogen and oxygen atoms in total. The molecule has 1 rings (SSSR count). The van der Waals surface area contributed by atoms with Crippen LogP contribution in [-0.2, 0) is 30.8 Å². The topological polar surface area (TPSA) is 122 Å². The fraction of sp³-hybridized carbons (Fsp3) is 0.429. The van der Waals surface area contributed by atoms with Crippen LogP contribution in [0.4, 0.5) is 0 Å². The van der Waals surface area contributed by atoms with Gasteiger partial charge in [0.2, 0.25) is 15.9 Å². The molecule has 0 fully saturated rings. The lowest BCUT2D eigenvalue weighted by atomic mass is 10.1. The third kappa shape index (κ3) is 5.97. The van der Waals surface area contributed by atoms with E-state index in [1.165, 1.54) is 31.4 Å². The van der Waals surface area contributed by atoms with Gasteiger partial charge in [-0.1, -0.05) is 19.1 Å². The maximum Gasteiger partial charge on any atom is 0.334 e. The Balaban J connectivity index is 2.61. The number of ether oxygens (including phenoxy) is 1. The lowest BCUT2D eigenvalue weighted by Crippen LogP contribution is -2.38. The first-order chi connectivity index (χ1) is 10.8. The van der Waals surface area contributed by atoms with E-state index in [0.717, 1.165) is 0 Å². The molecule has 0 heterocycles. The Labute approximate surface area is 134 Å². The summed E-state index contributed by atoms with van der Waals surface area (Å²) in [7, 11) is -2.28. The molecule has 9 heteroatoms. The van der Waals surface area contributed by atoms with E-state index in [-0.39, 0.29) is 30.3 Å². The SMILES string of the molecule is CCNS(=O)(=O)c1ccc(CC(=O)NCC(OC)C(=O)O)cc1. The molecule has 0 saturated heterocycles. The number of sulfonamides is 1. The number of methoxy groups -OCH3 is 1. The first kappa shape index (κ1) is 19.1. The zero-order chi connectivity index (χ0) is 17.5. The number of aliphatic carboxylic acids is 1. The van der Waals surface area contributed by atoms with Crippen molar-refractivity contribution in [1.29, 1.82) is 0 Å². The highest BCUT2D eigenvalue weighted by atomic mass is 32.2. The molecular weight excluding hydrogens is 324 g/mol. The van der Waals surface area contributed by atoms with E-state index >= 15 is 0 Å². The fourth-order valence-corrected chi connectivity index (χ4v) is 2.83. The molecule has 128 valence electrons. The maximum atomic E-state index is 11.8. The van der Waals surface area contributed by atoms with Crippen LogP contribution in [0.15, 0.2) is 29.2 Å². The van der Waals surface area contributed by atoms with Crippen molar-refractivity contribution in [2.45, 2.75) is 24.3 Å². The number of amides is 1. The van der Waals surface area contributed by atoms with Crippen molar-refractivity contribution in [3.63, 3.8) is 0 Å². The molecule has 0 aliphatic heterocycles. The van der Waals surface area contributed by atoms with Crippen molar-refractivity contribution in [3.05, 3.63) is 29.8 Å². The van der Waals surface area contributed by atoms with E-state index in [9.17, 15) is 18.0 Å². The number of rotatable bonds is 9. The van der Waals surface area contributed by atoms with Gasteiger partial charge in [0.1, 0.15) is 0 Å². The minimum absolute atomic E-state index is 0.0115. The third-order valence-corrected chi connectivity index (χ3v) is 4.54. The summed E-state index contributed by atoms with van der Waals surface area (Å²) in [4.78, 5) is 22.6. The van der Waals surface area contributed by atoms with Gasteiger partial charge in [-0.15, -0.1) is 0 Å². The molecule has 1 aromatic carbocycles. The van der Waals surface area contributed by atoms with Crippen LogP contribution in [0.25, 0.3) is 0 Å². The van der Waals surface area contributed by atoms with Crippen molar-refractivity contribution in [1.82, 2.24) is 10.0 Å². The number of nitrogens with one attached hydrogen (secondary N) is 2. The Morgan fingerprint density at radius 2 is 1.87 bits per heavy atom. The molecule has 0 aromatic heterocycles. The average Bonchev–Trinajstić information content (AvgIpc) is 2.48. The molecule has 0 aliphatic rings. The minimum Gasteiger partial charge on any atom is -0.479 e. The van der Waals surface area contributed by atoms with Gasteiger partial charge in [0.15, 0.2) is 6.10 Å². The minimum atomic E-state index is -3.52. The highest BCUT2D eigenvalue weighted by Gasteiger charge is 2.17.